The van der Waals surface area contributed by atoms with E-state index in [0.29, 0.717) is 6.42 Å². The topological polar surface area (TPSA) is 68.0 Å². The van der Waals surface area contributed by atoms with Gasteiger partial charge in [0.05, 0.1) is 11.6 Å². The van der Waals surface area contributed by atoms with E-state index < -0.39 is 11.6 Å². The quantitative estimate of drug-likeness (QED) is 0.844. The second-order valence-corrected chi connectivity index (χ2v) is 5.66. The number of carbonyl (C=O) groups is 1. The Morgan fingerprint density at radius 2 is 2.29 bits per heavy atom. The lowest BCUT2D eigenvalue weighted by molar-refractivity contribution is -0.124. The van der Waals surface area contributed by atoms with Crippen LogP contribution in [0.3, 0.4) is 0 Å². The molecule has 1 aromatic rings. The number of hydrogen-bond donors (Lipinski definition) is 2. The van der Waals surface area contributed by atoms with Crippen molar-refractivity contribution in [1.82, 2.24) is 10.3 Å². The van der Waals surface area contributed by atoms with Crippen LogP contribution in [0.1, 0.15) is 44.3 Å². The summed E-state index contributed by atoms with van der Waals surface area (Å²) in [5, 5.41) is 5.85. The lowest BCUT2D eigenvalue weighted by Gasteiger charge is -2.25. The van der Waals surface area contributed by atoms with Crippen LogP contribution in [0, 0.1) is 6.92 Å². The summed E-state index contributed by atoms with van der Waals surface area (Å²) in [7, 11) is 0. The molecular formula is C12H21N3OS. The van der Waals surface area contributed by atoms with E-state index in [0.717, 1.165) is 17.1 Å². The van der Waals surface area contributed by atoms with Gasteiger partial charge < -0.3 is 11.1 Å². The van der Waals surface area contributed by atoms with Crippen molar-refractivity contribution in [3.63, 3.8) is 0 Å². The predicted molar refractivity (Wildman–Crippen MR) is 70.9 cm³/mol. The largest absolute Gasteiger partial charge is 0.343 e. The van der Waals surface area contributed by atoms with Crippen molar-refractivity contribution in [2.24, 2.45) is 5.73 Å². The molecular weight excluding hydrogens is 234 g/mol. The van der Waals surface area contributed by atoms with Gasteiger partial charge in [-0.2, -0.15) is 0 Å². The molecule has 17 heavy (non-hydrogen) atoms. The number of nitrogens with two attached hydrogens (primary N) is 1. The Kier molecular flexibility index (Phi) is 4.65. The Morgan fingerprint density at radius 3 is 2.76 bits per heavy atom. The number of nitrogens with one attached hydrogen (secondary N) is 1. The third kappa shape index (κ3) is 3.78. The van der Waals surface area contributed by atoms with Crippen LogP contribution in [0.5, 0.6) is 0 Å². The molecule has 1 rings (SSSR count). The maximum absolute atomic E-state index is 11.9. The van der Waals surface area contributed by atoms with E-state index in [1.54, 1.807) is 11.3 Å². The molecule has 5 heteroatoms. The zero-order valence-electron chi connectivity index (χ0n) is 10.9. The van der Waals surface area contributed by atoms with Crippen molar-refractivity contribution in [2.75, 3.05) is 0 Å². The molecule has 0 aromatic carbocycles. The SMILES string of the molecule is CCCC(N)C(=O)NC(C)(C)c1nc(C)cs1. The fraction of sp³-hybridized carbons (Fsp3) is 0.667. The van der Waals surface area contributed by atoms with Gasteiger partial charge in [0.15, 0.2) is 0 Å². The second kappa shape index (κ2) is 5.60. The Labute approximate surface area is 107 Å². The minimum atomic E-state index is -0.457. The molecule has 0 saturated heterocycles. The first-order valence-electron chi connectivity index (χ1n) is 5.87. The van der Waals surface area contributed by atoms with Crippen LogP contribution in [-0.2, 0) is 10.3 Å². The predicted octanol–water partition coefficient (Wildman–Crippen LogP) is 1.93. The van der Waals surface area contributed by atoms with Gasteiger partial charge in [0.2, 0.25) is 5.91 Å². The molecule has 3 N–H and O–H groups in total. The van der Waals surface area contributed by atoms with Crippen LogP contribution in [-0.4, -0.2) is 16.9 Å². The van der Waals surface area contributed by atoms with Crippen LogP contribution >= 0.6 is 11.3 Å². The molecule has 0 fully saturated rings. The van der Waals surface area contributed by atoms with Gasteiger partial charge >= 0.3 is 0 Å². The first kappa shape index (κ1) is 14.1. The van der Waals surface area contributed by atoms with E-state index in [4.69, 9.17) is 5.73 Å². The molecule has 96 valence electrons. The highest BCUT2D eigenvalue weighted by molar-refractivity contribution is 7.09. The van der Waals surface area contributed by atoms with Crippen molar-refractivity contribution in [2.45, 2.75) is 52.1 Å². The Bertz CT molecular complexity index is 387. The van der Waals surface area contributed by atoms with Crippen molar-refractivity contribution in [1.29, 1.82) is 0 Å². The Hall–Kier alpha value is -0.940. The summed E-state index contributed by atoms with van der Waals surface area (Å²) in [4.78, 5) is 16.3. The highest BCUT2D eigenvalue weighted by Crippen LogP contribution is 2.23. The lowest BCUT2D eigenvalue weighted by atomic mass is 10.0. The summed E-state index contributed by atoms with van der Waals surface area (Å²) in [5.41, 5.74) is 6.31. The summed E-state index contributed by atoms with van der Waals surface area (Å²) in [5.74, 6) is -0.107. The number of aryl methyl sites for hydroxylation is 1. The molecule has 0 aliphatic carbocycles. The van der Waals surface area contributed by atoms with E-state index >= 15 is 0 Å². The maximum atomic E-state index is 11.9. The second-order valence-electron chi connectivity index (χ2n) is 4.80. The smallest absolute Gasteiger partial charge is 0.237 e. The van der Waals surface area contributed by atoms with Gasteiger partial charge in [-0.15, -0.1) is 11.3 Å². The number of rotatable bonds is 5. The molecule has 1 amide bonds. The molecule has 0 bridgehead atoms. The van der Waals surface area contributed by atoms with E-state index in [9.17, 15) is 4.79 Å². The van der Waals surface area contributed by atoms with E-state index in [-0.39, 0.29) is 5.91 Å². The summed E-state index contributed by atoms with van der Waals surface area (Å²) in [6.07, 6.45) is 1.62. The van der Waals surface area contributed by atoms with Crippen LogP contribution in [0.25, 0.3) is 0 Å². The fourth-order valence-electron chi connectivity index (χ4n) is 1.54. The molecule has 4 nitrogen and oxygen atoms in total. The minimum absolute atomic E-state index is 0.107. The molecule has 0 aliphatic rings. The lowest BCUT2D eigenvalue weighted by Crippen LogP contribution is -2.48. The highest BCUT2D eigenvalue weighted by atomic mass is 32.1. The Morgan fingerprint density at radius 1 is 1.65 bits per heavy atom. The van der Waals surface area contributed by atoms with Crippen molar-refractivity contribution in [3.05, 3.63) is 16.1 Å². The van der Waals surface area contributed by atoms with Crippen LogP contribution in [0.2, 0.25) is 0 Å². The van der Waals surface area contributed by atoms with Gasteiger partial charge in [-0.1, -0.05) is 13.3 Å². The first-order chi connectivity index (χ1) is 7.86. The molecule has 1 unspecified atom stereocenters. The van der Waals surface area contributed by atoms with Crippen molar-refractivity contribution >= 4 is 17.2 Å². The number of thiazole rings is 1. The summed E-state index contributed by atoms with van der Waals surface area (Å²) >= 11 is 1.56. The van der Waals surface area contributed by atoms with E-state index in [1.807, 2.05) is 33.1 Å². The molecule has 0 saturated carbocycles. The molecule has 1 atom stereocenters. The standard InChI is InChI=1S/C12H21N3OS/c1-5-6-9(13)10(16)15-12(3,4)11-14-8(2)7-17-11/h7,9H,5-6,13H2,1-4H3,(H,15,16). The first-order valence-corrected chi connectivity index (χ1v) is 6.75. The third-order valence-corrected chi connectivity index (χ3v) is 3.81. The number of hydrogen-bond acceptors (Lipinski definition) is 4. The average molecular weight is 255 g/mol. The van der Waals surface area contributed by atoms with Gasteiger partial charge in [0.1, 0.15) is 5.01 Å². The summed E-state index contributed by atoms with van der Waals surface area (Å²) < 4.78 is 0. The number of carbonyl (C=O) groups excluding carboxylic acids is 1. The maximum Gasteiger partial charge on any atom is 0.237 e. The van der Waals surface area contributed by atoms with Crippen LogP contribution in [0.15, 0.2) is 5.38 Å². The Balaban J connectivity index is 2.69. The minimum Gasteiger partial charge on any atom is -0.343 e. The molecule has 1 aromatic heterocycles. The normalized spacial score (nSPS) is 13.5. The summed E-state index contributed by atoms with van der Waals surface area (Å²) in [6, 6.07) is -0.430. The van der Waals surface area contributed by atoms with E-state index in [1.165, 1.54) is 0 Å². The number of aromatic nitrogens is 1. The monoisotopic (exact) mass is 255 g/mol. The van der Waals surface area contributed by atoms with Gasteiger partial charge in [-0.3, -0.25) is 4.79 Å². The highest BCUT2D eigenvalue weighted by Gasteiger charge is 2.27. The van der Waals surface area contributed by atoms with Gasteiger partial charge in [-0.25, -0.2) is 4.98 Å². The number of amides is 1. The van der Waals surface area contributed by atoms with Crippen LogP contribution in [0.4, 0.5) is 0 Å². The van der Waals surface area contributed by atoms with Crippen molar-refractivity contribution < 1.29 is 4.79 Å². The van der Waals surface area contributed by atoms with Gasteiger partial charge in [0.25, 0.3) is 0 Å². The average Bonchev–Trinajstić information content (AvgIpc) is 2.65. The zero-order chi connectivity index (χ0) is 13.1. The third-order valence-electron chi connectivity index (χ3n) is 2.53. The fourth-order valence-corrected chi connectivity index (χ4v) is 2.41. The summed E-state index contributed by atoms with van der Waals surface area (Å²) in [6.45, 7) is 7.85. The van der Waals surface area contributed by atoms with Crippen molar-refractivity contribution in [3.8, 4) is 0 Å². The number of nitrogens with zero attached hydrogens (tertiary/aromatic N) is 1. The molecule has 0 spiro atoms. The van der Waals surface area contributed by atoms with Crippen LogP contribution < -0.4 is 11.1 Å². The zero-order valence-corrected chi connectivity index (χ0v) is 11.7. The molecule has 0 aliphatic heterocycles. The van der Waals surface area contributed by atoms with E-state index in [2.05, 4.69) is 10.3 Å². The molecule has 1 heterocycles. The van der Waals surface area contributed by atoms with Gasteiger partial charge in [-0.05, 0) is 27.2 Å². The molecule has 0 radical (unpaired) electrons. The van der Waals surface area contributed by atoms with Gasteiger partial charge in [0, 0.05) is 11.1 Å².